The highest BCUT2D eigenvalue weighted by molar-refractivity contribution is 5.66. The van der Waals surface area contributed by atoms with Gasteiger partial charge in [0.05, 0.1) is 21.5 Å². The van der Waals surface area contributed by atoms with Gasteiger partial charge in [0.15, 0.2) is 0 Å². The summed E-state index contributed by atoms with van der Waals surface area (Å²) in [7, 11) is 0. The first-order valence-corrected chi connectivity index (χ1v) is 6.40. The molecule has 0 N–H and O–H groups in total. The maximum atomic E-state index is 11.0. The fourth-order valence-corrected chi connectivity index (χ4v) is 1.83. The normalized spacial score (nSPS) is 11.1. The van der Waals surface area contributed by atoms with E-state index in [-0.39, 0.29) is 11.4 Å². The number of nitrogens with zero attached hydrogens (tertiary/aromatic N) is 2. The summed E-state index contributed by atoms with van der Waals surface area (Å²) in [6, 6.07) is 13.1. The smallest absolute Gasteiger partial charge is 0.258 e. The SMILES string of the molecule is O=[N+]([O-])c1ccc(/C=C/C=C/c2ccccc2)c([N+](=O)[O-])c1. The lowest BCUT2D eigenvalue weighted by atomic mass is 10.1. The summed E-state index contributed by atoms with van der Waals surface area (Å²) in [6.45, 7) is 0. The molecule has 110 valence electrons. The summed E-state index contributed by atoms with van der Waals surface area (Å²) in [5.74, 6) is 0. The summed E-state index contributed by atoms with van der Waals surface area (Å²) >= 11 is 0. The van der Waals surface area contributed by atoms with Gasteiger partial charge in [-0.3, -0.25) is 20.2 Å². The Kier molecular flexibility index (Phi) is 4.77. The van der Waals surface area contributed by atoms with Crippen LogP contribution in [0.4, 0.5) is 11.4 Å². The van der Waals surface area contributed by atoms with Gasteiger partial charge >= 0.3 is 0 Å². The molecule has 22 heavy (non-hydrogen) atoms. The highest BCUT2D eigenvalue weighted by atomic mass is 16.6. The molecule has 2 rings (SSSR count). The second-order valence-corrected chi connectivity index (χ2v) is 4.39. The predicted molar refractivity (Wildman–Crippen MR) is 84.3 cm³/mol. The Morgan fingerprint density at radius 3 is 2.14 bits per heavy atom. The second kappa shape index (κ2) is 6.94. The van der Waals surface area contributed by atoms with Crippen molar-refractivity contribution in [2.45, 2.75) is 0 Å². The lowest BCUT2D eigenvalue weighted by Gasteiger charge is -1.97. The molecule has 6 nitrogen and oxygen atoms in total. The van der Waals surface area contributed by atoms with Crippen LogP contribution in [0, 0.1) is 20.2 Å². The first-order chi connectivity index (χ1) is 10.6. The van der Waals surface area contributed by atoms with Crippen LogP contribution in [0.25, 0.3) is 12.2 Å². The quantitative estimate of drug-likeness (QED) is 0.469. The molecule has 0 unspecified atom stereocenters. The van der Waals surface area contributed by atoms with Gasteiger partial charge in [-0.25, -0.2) is 0 Å². The average Bonchev–Trinajstić information content (AvgIpc) is 2.52. The van der Waals surface area contributed by atoms with E-state index >= 15 is 0 Å². The number of hydrogen-bond donors (Lipinski definition) is 0. The highest BCUT2D eigenvalue weighted by Crippen LogP contribution is 2.25. The Morgan fingerprint density at radius 1 is 0.818 bits per heavy atom. The molecule has 0 saturated heterocycles. The average molecular weight is 296 g/mol. The number of allylic oxidation sites excluding steroid dienone is 2. The molecule has 0 aliphatic heterocycles. The molecule has 0 fully saturated rings. The van der Waals surface area contributed by atoms with Crippen LogP contribution in [0.5, 0.6) is 0 Å². The molecule has 2 aromatic carbocycles. The third kappa shape index (κ3) is 3.86. The Morgan fingerprint density at radius 2 is 1.50 bits per heavy atom. The van der Waals surface area contributed by atoms with Crippen LogP contribution in [-0.4, -0.2) is 9.85 Å². The molecule has 0 radical (unpaired) electrons. The zero-order chi connectivity index (χ0) is 15.9. The summed E-state index contributed by atoms with van der Waals surface area (Å²) in [5.41, 5.74) is 0.723. The van der Waals surface area contributed by atoms with Crippen molar-refractivity contribution in [3.05, 3.63) is 92.0 Å². The summed E-state index contributed by atoms with van der Waals surface area (Å²) in [4.78, 5) is 20.4. The van der Waals surface area contributed by atoms with Crippen LogP contribution in [0.2, 0.25) is 0 Å². The maximum absolute atomic E-state index is 11.0. The third-order valence-electron chi connectivity index (χ3n) is 2.90. The number of nitro groups is 2. The molecule has 0 aromatic heterocycles. The second-order valence-electron chi connectivity index (χ2n) is 4.39. The predicted octanol–water partition coefficient (Wildman–Crippen LogP) is 4.23. The third-order valence-corrected chi connectivity index (χ3v) is 2.90. The minimum absolute atomic E-state index is 0.293. The molecule has 6 heteroatoms. The zero-order valence-electron chi connectivity index (χ0n) is 11.5. The van der Waals surface area contributed by atoms with Crippen molar-refractivity contribution in [2.24, 2.45) is 0 Å². The zero-order valence-corrected chi connectivity index (χ0v) is 11.5. The summed E-state index contributed by atoms with van der Waals surface area (Å²) < 4.78 is 0. The molecular formula is C16H12N2O4. The van der Waals surface area contributed by atoms with Crippen molar-refractivity contribution >= 4 is 23.5 Å². The van der Waals surface area contributed by atoms with Crippen LogP contribution in [0.3, 0.4) is 0 Å². The van der Waals surface area contributed by atoms with Gasteiger partial charge in [-0.05, 0) is 17.7 Å². The molecule has 0 atom stereocenters. The summed E-state index contributed by atoms with van der Waals surface area (Å²) in [6.07, 6.45) is 6.80. The number of hydrogen-bond acceptors (Lipinski definition) is 4. The molecule has 0 amide bonds. The van der Waals surface area contributed by atoms with Gasteiger partial charge in [-0.15, -0.1) is 0 Å². The van der Waals surface area contributed by atoms with E-state index in [1.807, 2.05) is 36.4 Å². The van der Waals surface area contributed by atoms with E-state index in [9.17, 15) is 20.2 Å². The van der Waals surface area contributed by atoms with E-state index in [4.69, 9.17) is 0 Å². The number of non-ortho nitro benzene ring substituents is 1. The van der Waals surface area contributed by atoms with E-state index in [0.717, 1.165) is 11.6 Å². The lowest BCUT2D eigenvalue weighted by Crippen LogP contribution is -1.94. The van der Waals surface area contributed by atoms with E-state index in [2.05, 4.69) is 0 Å². The Hall–Kier alpha value is -3.28. The van der Waals surface area contributed by atoms with Crippen molar-refractivity contribution in [1.29, 1.82) is 0 Å². The van der Waals surface area contributed by atoms with E-state index in [1.165, 1.54) is 12.1 Å². The molecule has 0 saturated carbocycles. The standard InChI is InChI=1S/C16H12N2O4/c19-17(20)15-11-10-14(16(12-15)18(21)22)9-5-4-8-13-6-2-1-3-7-13/h1-12H/b8-4+,9-5+. The molecule has 0 bridgehead atoms. The monoisotopic (exact) mass is 296 g/mol. The van der Waals surface area contributed by atoms with Gasteiger partial charge in [0.25, 0.3) is 11.4 Å². The van der Waals surface area contributed by atoms with Gasteiger partial charge in [0.2, 0.25) is 0 Å². The Labute approximate surface area is 126 Å². The fraction of sp³-hybridized carbons (Fsp3) is 0. The number of nitro benzene ring substituents is 2. The minimum atomic E-state index is -0.657. The van der Waals surface area contributed by atoms with E-state index < -0.39 is 9.85 Å². The molecule has 0 aliphatic rings. The van der Waals surface area contributed by atoms with Gasteiger partial charge in [-0.1, -0.05) is 48.6 Å². The van der Waals surface area contributed by atoms with Gasteiger partial charge in [-0.2, -0.15) is 0 Å². The minimum Gasteiger partial charge on any atom is -0.258 e. The fourth-order valence-electron chi connectivity index (χ4n) is 1.83. The van der Waals surface area contributed by atoms with Crippen LogP contribution >= 0.6 is 0 Å². The highest BCUT2D eigenvalue weighted by Gasteiger charge is 2.17. The van der Waals surface area contributed by atoms with Crippen LogP contribution in [0.15, 0.2) is 60.7 Å². The molecule has 0 spiro atoms. The van der Waals surface area contributed by atoms with Crippen molar-refractivity contribution in [2.75, 3.05) is 0 Å². The maximum Gasteiger partial charge on any atom is 0.283 e. The lowest BCUT2D eigenvalue weighted by molar-refractivity contribution is -0.394. The van der Waals surface area contributed by atoms with Crippen molar-refractivity contribution in [3.63, 3.8) is 0 Å². The van der Waals surface area contributed by atoms with Crippen LogP contribution in [0.1, 0.15) is 11.1 Å². The van der Waals surface area contributed by atoms with Crippen molar-refractivity contribution in [3.8, 4) is 0 Å². The van der Waals surface area contributed by atoms with Crippen molar-refractivity contribution < 1.29 is 9.85 Å². The molecular weight excluding hydrogens is 284 g/mol. The molecule has 2 aromatic rings. The van der Waals surface area contributed by atoms with Crippen LogP contribution in [-0.2, 0) is 0 Å². The van der Waals surface area contributed by atoms with Crippen molar-refractivity contribution in [1.82, 2.24) is 0 Å². The topological polar surface area (TPSA) is 86.3 Å². The summed E-state index contributed by atoms with van der Waals surface area (Å²) in [5, 5.41) is 21.6. The van der Waals surface area contributed by atoms with Gasteiger partial charge < -0.3 is 0 Å². The Bertz CT molecular complexity index is 752. The van der Waals surface area contributed by atoms with Gasteiger partial charge in [0.1, 0.15) is 0 Å². The first kappa shape index (κ1) is 15.1. The first-order valence-electron chi connectivity index (χ1n) is 6.40. The molecule has 0 heterocycles. The van der Waals surface area contributed by atoms with E-state index in [1.54, 1.807) is 18.2 Å². The number of benzene rings is 2. The van der Waals surface area contributed by atoms with Gasteiger partial charge in [0, 0.05) is 6.07 Å². The van der Waals surface area contributed by atoms with E-state index in [0.29, 0.717) is 5.56 Å². The molecule has 0 aliphatic carbocycles. The largest absolute Gasteiger partial charge is 0.283 e. The Balaban J connectivity index is 2.22. The number of rotatable bonds is 5. The van der Waals surface area contributed by atoms with Crippen LogP contribution < -0.4 is 0 Å².